The van der Waals surface area contributed by atoms with Crippen molar-refractivity contribution in [1.29, 1.82) is 0 Å². The van der Waals surface area contributed by atoms with Crippen LogP contribution in [0, 0.1) is 13.8 Å². The summed E-state index contributed by atoms with van der Waals surface area (Å²) in [5.41, 5.74) is 9.46. The second-order valence-corrected chi connectivity index (χ2v) is 6.55. The number of phenols is 1. The first-order chi connectivity index (χ1) is 11.4. The summed E-state index contributed by atoms with van der Waals surface area (Å²) in [6.07, 6.45) is 0.544. The molecule has 0 bridgehead atoms. The molecule has 4 N–H and O–H groups in total. The molecule has 1 heterocycles. The van der Waals surface area contributed by atoms with Crippen molar-refractivity contribution in [2.45, 2.75) is 32.4 Å². The lowest BCUT2D eigenvalue weighted by molar-refractivity contribution is -0.117. The molecule has 126 valence electrons. The van der Waals surface area contributed by atoms with Crippen LogP contribution in [0.1, 0.15) is 29.2 Å². The molecule has 2 atom stereocenters. The van der Waals surface area contributed by atoms with Gasteiger partial charge < -0.3 is 10.4 Å². The quantitative estimate of drug-likeness (QED) is 0.689. The Morgan fingerprint density at radius 2 is 2.00 bits per heavy atom. The van der Waals surface area contributed by atoms with Gasteiger partial charge in [0.15, 0.2) is 0 Å². The van der Waals surface area contributed by atoms with Gasteiger partial charge in [0, 0.05) is 16.3 Å². The number of phenolic OH excluding ortho intramolecular Hbond substituents is 1. The molecule has 0 saturated carbocycles. The van der Waals surface area contributed by atoms with E-state index in [0.29, 0.717) is 17.1 Å². The predicted molar refractivity (Wildman–Crippen MR) is 95.1 cm³/mol. The number of carbonyl (C=O) groups excluding carboxylic acids is 1. The van der Waals surface area contributed by atoms with Gasteiger partial charge in [0.1, 0.15) is 11.8 Å². The smallest absolute Gasteiger partial charge is 0.242 e. The minimum absolute atomic E-state index is 0.122. The maximum Gasteiger partial charge on any atom is 0.242 e. The Balaban J connectivity index is 1.66. The molecule has 3 rings (SSSR count). The SMILES string of the molecule is Cc1ccc(C2CC(C(=O)Nc3ccc(C)c(Cl)c3)NN2)c(O)c1. The highest BCUT2D eigenvalue weighted by Gasteiger charge is 2.31. The second kappa shape index (κ2) is 6.81. The number of amides is 1. The van der Waals surface area contributed by atoms with Crippen LogP contribution in [0.15, 0.2) is 36.4 Å². The number of nitrogens with one attached hydrogen (secondary N) is 3. The Kier molecular flexibility index (Phi) is 4.76. The van der Waals surface area contributed by atoms with E-state index in [1.54, 1.807) is 12.1 Å². The number of halogens is 1. The summed E-state index contributed by atoms with van der Waals surface area (Å²) in [7, 11) is 0. The molecular formula is C18H20ClN3O2. The topological polar surface area (TPSA) is 73.4 Å². The summed E-state index contributed by atoms with van der Waals surface area (Å²) < 4.78 is 0. The average molecular weight is 346 g/mol. The van der Waals surface area contributed by atoms with E-state index in [1.807, 2.05) is 38.1 Å². The highest BCUT2D eigenvalue weighted by Crippen LogP contribution is 2.30. The first-order valence-electron chi connectivity index (χ1n) is 7.81. The number of anilines is 1. The van der Waals surface area contributed by atoms with Crippen molar-refractivity contribution >= 4 is 23.2 Å². The summed E-state index contributed by atoms with van der Waals surface area (Å²) >= 11 is 6.08. The number of aryl methyl sites for hydroxylation is 2. The van der Waals surface area contributed by atoms with Gasteiger partial charge in [0.2, 0.25) is 5.91 Å². The van der Waals surface area contributed by atoms with Crippen molar-refractivity contribution in [2.75, 3.05) is 5.32 Å². The number of aromatic hydroxyl groups is 1. The highest BCUT2D eigenvalue weighted by molar-refractivity contribution is 6.31. The molecule has 1 aliphatic heterocycles. The zero-order chi connectivity index (χ0) is 17.3. The molecular weight excluding hydrogens is 326 g/mol. The van der Waals surface area contributed by atoms with Crippen LogP contribution >= 0.6 is 11.6 Å². The van der Waals surface area contributed by atoms with Crippen LogP contribution < -0.4 is 16.2 Å². The minimum Gasteiger partial charge on any atom is -0.508 e. The zero-order valence-electron chi connectivity index (χ0n) is 13.6. The van der Waals surface area contributed by atoms with Crippen molar-refractivity contribution in [3.63, 3.8) is 0 Å². The van der Waals surface area contributed by atoms with Gasteiger partial charge in [0.25, 0.3) is 0 Å². The van der Waals surface area contributed by atoms with Gasteiger partial charge in [-0.25, -0.2) is 10.9 Å². The van der Waals surface area contributed by atoms with Gasteiger partial charge in [-0.3, -0.25) is 4.79 Å². The molecule has 0 aliphatic carbocycles. The fourth-order valence-electron chi connectivity index (χ4n) is 2.78. The Morgan fingerprint density at radius 3 is 2.71 bits per heavy atom. The molecule has 1 aliphatic rings. The Bertz CT molecular complexity index is 779. The van der Waals surface area contributed by atoms with Gasteiger partial charge in [-0.15, -0.1) is 0 Å². The van der Waals surface area contributed by atoms with E-state index in [0.717, 1.165) is 16.7 Å². The van der Waals surface area contributed by atoms with Crippen LogP contribution in [0.4, 0.5) is 5.69 Å². The van der Waals surface area contributed by atoms with Crippen LogP contribution in [0.2, 0.25) is 5.02 Å². The number of benzene rings is 2. The molecule has 2 aromatic carbocycles. The standard InChI is InChI=1S/C18H20ClN3O2/c1-10-3-6-13(17(23)7-10)15-9-16(22-21-15)18(24)20-12-5-4-11(2)14(19)8-12/h3-8,15-16,21-23H,9H2,1-2H3,(H,20,24). The van der Waals surface area contributed by atoms with Crippen LogP contribution in [0.3, 0.4) is 0 Å². The number of carbonyl (C=O) groups is 1. The number of rotatable bonds is 3. The summed E-state index contributed by atoms with van der Waals surface area (Å²) in [5, 5.41) is 13.6. The van der Waals surface area contributed by atoms with Gasteiger partial charge >= 0.3 is 0 Å². The summed E-state index contributed by atoms with van der Waals surface area (Å²) in [6.45, 7) is 3.84. The molecule has 0 spiro atoms. The monoisotopic (exact) mass is 345 g/mol. The summed E-state index contributed by atoms with van der Waals surface area (Å²) in [4.78, 5) is 12.4. The van der Waals surface area contributed by atoms with E-state index in [1.165, 1.54) is 0 Å². The Morgan fingerprint density at radius 1 is 1.21 bits per heavy atom. The summed E-state index contributed by atoms with van der Waals surface area (Å²) in [6, 6.07) is 10.5. The normalized spacial score (nSPS) is 20.1. The fourth-order valence-corrected chi connectivity index (χ4v) is 2.96. The lowest BCUT2D eigenvalue weighted by atomic mass is 9.99. The van der Waals surface area contributed by atoms with E-state index >= 15 is 0 Å². The van der Waals surface area contributed by atoms with Gasteiger partial charge in [-0.2, -0.15) is 0 Å². The molecule has 2 aromatic rings. The van der Waals surface area contributed by atoms with Crippen molar-refractivity contribution in [2.24, 2.45) is 0 Å². The van der Waals surface area contributed by atoms with E-state index in [9.17, 15) is 9.90 Å². The van der Waals surface area contributed by atoms with Crippen LogP contribution in [0.25, 0.3) is 0 Å². The Hall–Kier alpha value is -2.08. The third kappa shape index (κ3) is 3.53. The van der Waals surface area contributed by atoms with E-state index < -0.39 is 6.04 Å². The molecule has 24 heavy (non-hydrogen) atoms. The van der Waals surface area contributed by atoms with E-state index in [4.69, 9.17) is 11.6 Å². The lowest BCUT2D eigenvalue weighted by Crippen LogP contribution is -2.39. The largest absolute Gasteiger partial charge is 0.508 e. The lowest BCUT2D eigenvalue weighted by Gasteiger charge is -2.12. The first kappa shape index (κ1) is 16.8. The molecule has 0 radical (unpaired) electrons. The maximum absolute atomic E-state index is 12.4. The molecule has 2 unspecified atom stereocenters. The van der Waals surface area contributed by atoms with Crippen molar-refractivity contribution in [1.82, 2.24) is 10.9 Å². The maximum atomic E-state index is 12.4. The van der Waals surface area contributed by atoms with Crippen LogP contribution in [-0.2, 0) is 4.79 Å². The Labute approximate surface area is 146 Å². The van der Waals surface area contributed by atoms with Crippen molar-refractivity contribution in [3.05, 3.63) is 58.1 Å². The molecule has 1 amide bonds. The number of hydrazine groups is 1. The molecule has 5 nitrogen and oxygen atoms in total. The first-order valence-corrected chi connectivity index (χ1v) is 8.19. The third-order valence-corrected chi connectivity index (χ3v) is 4.63. The summed E-state index contributed by atoms with van der Waals surface area (Å²) in [5.74, 6) is 0.0946. The third-order valence-electron chi connectivity index (χ3n) is 4.22. The molecule has 0 aromatic heterocycles. The van der Waals surface area contributed by atoms with Crippen molar-refractivity contribution < 1.29 is 9.90 Å². The van der Waals surface area contributed by atoms with E-state index in [-0.39, 0.29) is 17.7 Å². The number of hydrogen-bond donors (Lipinski definition) is 4. The van der Waals surface area contributed by atoms with Crippen LogP contribution in [-0.4, -0.2) is 17.1 Å². The van der Waals surface area contributed by atoms with Gasteiger partial charge in [-0.1, -0.05) is 29.8 Å². The van der Waals surface area contributed by atoms with E-state index in [2.05, 4.69) is 16.2 Å². The zero-order valence-corrected chi connectivity index (χ0v) is 14.3. The minimum atomic E-state index is -0.393. The number of hydrogen-bond acceptors (Lipinski definition) is 4. The highest BCUT2D eigenvalue weighted by atomic mass is 35.5. The second-order valence-electron chi connectivity index (χ2n) is 6.15. The van der Waals surface area contributed by atoms with Crippen LogP contribution in [0.5, 0.6) is 5.75 Å². The van der Waals surface area contributed by atoms with Gasteiger partial charge in [-0.05, 0) is 49.6 Å². The molecule has 1 fully saturated rings. The van der Waals surface area contributed by atoms with Gasteiger partial charge in [0.05, 0.1) is 6.04 Å². The predicted octanol–water partition coefficient (Wildman–Crippen LogP) is 3.21. The molecule has 1 saturated heterocycles. The molecule has 6 heteroatoms. The fraction of sp³-hybridized carbons (Fsp3) is 0.278. The average Bonchev–Trinajstić information content (AvgIpc) is 3.01. The van der Waals surface area contributed by atoms with Crippen molar-refractivity contribution in [3.8, 4) is 5.75 Å².